The molecule has 6 heteroatoms. The SMILES string of the molecule is CC(C)O[PH](=O)CS(C)(=O)=O. The Bertz CT molecular complexity index is 231. The van der Waals surface area contributed by atoms with Crippen molar-refractivity contribution in [3.05, 3.63) is 0 Å². The Kier molecular flexibility index (Phi) is 4.29. The van der Waals surface area contributed by atoms with E-state index in [0.717, 1.165) is 6.26 Å². The van der Waals surface area contributed by atoms with Crippen molar-refractivity contribution in [1.29, 1.82) is 0 Å². The number of hydrogen-bond donors (Lipinski definition) is 0. The molecule has 0 heterocycles. The van der Waals surface area contributed by atoms with Crippen molar-refractivity contribution in [2.24, 2.45) is 0 Å². The molecule has 11 heavy (non-hydrogen) atoms. The van der Waals surface area contributed by atoms with Gasteiger partial charge in [0, 0.05) is 6.26 Å². The molecule has 0 bridgehead atoms. The zero-order valence-corrected chi connectivity index (χ0v) is 8.64. The minimum Gasteiger partial charge on any atom is -0.327 e. The van der Waals surface area contributed by atoms with Crippen LogP contribution in [0, 0.1) is 0 Å². The number of hydrogen-bond acceptors (Lipinski definition) is 4. The second-order valence-electron chi connectivity index (χ2n) is 2.61. The maximum atomic E-state index is 10.9. The molecule has 0 aromatic heterocycles. The summed E-state index contributed by atoms with van der Waals surface area (Å²) in [4.78, 5) is 0. The average molecular weight is 200 g/mol. The fourth-order valence-corrected chi connectivity index (χ4v) is 3.02. The van der Waals surface area contributed by atoms with Crippen LogP contribution in [0.2, 0.25) is 0 Å². The molecule has 0 aliphatic heterocycles. The molecule has 0 saturated heterocycles. The van der Waals surface area contributed by atoms with E-state index < -0.39 is 17.9 Å². The molecular formula is C5H13O4PS. The quantitative estimate of drug-likeness (QED) is 0.632. The summed E-state index contributed by atoms with van der Waals surface area (Å²) in [6.07, 6.45) is 0.863. The molecule has 0 fully saturated rings. The molecule has 4 nitrogen and oxygen atoms in total. The molecule has 1 atom stereocenters. The van der Waals surface area contributed by atoms with Crippen molar-refractivity contribution in [3.63, 3.8) is 0 Å². The predicted molar refractivity (Wildman–Crippen MR) is 44.9 cm³/mol. The fraction of sp³-hybridized carbons (Fsp3) is 1.00. The topological polar surface area (TPSA) is 60.4 Å². The molecule has 0 radical (unpaired) electrons. The molecule has 0 aliphatic rings. The molecule has 68 valence electrons. The highest BCUT2D eigenvalue weighted by atomic mass is 32.2. The van der Waals surface area contributed by atoms with Gasteiger partial charge in [-0.1, -0.05) is 0 Å². The van der Waals surface area contributed by atoms with Crippen molar-refractivity contribution in [2.75, 3.05) is 11.7 Å². The lowest BCUT2D eigenvalue weighted by atomic mass is 10.5. The third-order valence-corrected chi connectivity index (χ3v) is 4.52. The van der Waals surface area contributed by atoms with Crippen LogP contribution < -0.4 is 0 Å². The van der Waals surface area contributed by atoms with Gasteiger partial charge in [0.25, 0.3) is 0 Å². The maximum Gasteiger partial charge on any atom is 0.206 e. The first-order chi connectivity index (χ1) is 4.81. The smallest absolute Gasteiger partial charge is 0.206 e. The summed E-state index contributed by atoms with van der Waals surface area (Å²) in [6, 6.07) is 0. The third-order valence-electron chi connectivity index (χ3n) is 0.747. The summed E-state index contributed by atoms with van der Waals surface area (Å²) >= 11 is 0. The zero-order valence-electron chi connectivity index (χ0n) is 6.83. The monoisotopic (exact) mass is 200 g/mol. The van der Waals surface area contributed by atoms with Crippen LogP contribution in [0.3, 0.4) is 0 Å². The molecule has 0 aromatic rings. The third kappa shape index (κ3) is 8.04. The maximum absolute atomic E-state index is 10.9. The molecule has 0 amide bonds. The minimum atomic E-state index is -3.16. The number of rotatable bonds is 4. The highest BCUT2D eigenvalue weighted by molar-refractivity contribution is 7.95. The summed E-state index contributed by atoms with van der Waals surface area (Å²) in [5, 5.41) is 0. The van der Waals surface area contributed by atoms with Crippen LogP contribution in [0.15, 0.2) is 0 Å². The number of sulfone groups is 1. The predicted octanol–water partition coefficient (Wildman–Crippen LogP) is 0.888. The molecular weight excluding hydrogens is 187 g/mol. The first-order valence-electron chi connectivity index (χ1n) is 3.18. The largest absolute Gasteiger partial charge is 0.327 e. The highest BCUT2D eigenvalue weighted by Gasteiger charge is 2.10. The average Bonchev–Trinajstić information content (AvgIpc) is 1.53. The van der Waals surface area contributed by atoms with E-state index in [2.05, 4.69) is 0 Å². The van der Waals surface area contributed by atoms with Gasteiger partial charge in [-0.15, -0.1) is 0 Å². The highest BCUT2D eigenvalue weighted by Crippen LogP contribution is 2.25. The Morgan fingerprint density at radius 2 is 1.91 bits per heavy atom. The van der Waals surface area contributed by atoms with Crippen molar-refractivity contribution < 1.29 is 17.5 Å². The first kappa shape index (κ1) is 11.1. The zero-order chi connectivity index (χ0) is 9.07. The lowest BCUT2D eigenvalue weighted by molar-refractivity contribution is 0.258. The van der Waals surface area contributed by atoms with Gasteiger partial charge in [0.2, 0.25) is 8.03 Å². The lowest BCUT2D eigenvalue weighted by Crippen LogP contribution is -2.02. The van der Waals surface area contributed by atoms with Crippen LogP contribution in [0.1, 0.15) is 13.8 Å². The van der Waals surface area contributed by atoms with E-state index in [-0.39, 0.29) is 11.6 Å². The van der Waals surface area contributed by atoms with E-state index in [9.17, 15) is 13.0 Å². The molecule has 0 saturated carbocycles. The van der Waals surface area contributed by atoms with E-state index in [1.165, 1.54) is 0 Å². The van der Waals surface area contributed by atoms with Gasteiger partial charge in [-0.3, -0.25) is 4.57 Å². The summed E-state index contributed by atoms with van der Waals surface area (Å²) < 4.78 is 36.8. The molecule has 1 unspecified atom stereocenters. The summed E-state index contributed by atoms with van der Waals surface area (Å²) in [6.45, 7) is 3.43. The molecule has 0 aliphatic carbocycles. The lowest BCUT2D eigenvalue weighted by Gasteiger charge is -2.05. The van der Waals surface area contributed by atoms with Gasteiger partial charge < -0.3 is 4.52 Å². The van der Waals surface area contributed by atoms with Gasteiger partial charge in [0.1, 0.15) is 5.49 Å². The Labute approximate surface area is 67.7 Å². The van der Waals surface area contributed by atoms with Crippen LogP contribution in [0.4, 0.5) is 0 Å². The van der Waals surface area contributed by atoms with Gasteiger partial charge in [0.15, 0.2) is 9.84 Å². The Morgan fingerprint density at radius 1 is 1.45 bits per heavy atom. The first-order valence-corrected chi connectivity index (χ1v) is 6.77. The minimum absolute atomic E-state index is 0.178. The van der Waals surface area contributed by atoms with E-state index in [1.54, 1.807) is 13.8 Å². The molecule has 0 spiro atoms. The van der Waals surface area contributed by atoms with Gasteiger partial charge in [-0.25, -0.2) is 8.42 Å². The summed E-state index contributed by atoms with van der Waals surface area (Å²) in [7, 11) is -5.55. The second-order valence-corrected chi connectivity index (χ2v) is 6.59. The molecule has 0 N–H and O–H groups in total. The van der Waals surface area contributed by atoms with E-state index in [0.29, 0.717) is 0 Å². The van der Waals surface area contributed by atoms with E-state index in [4.69, 9.17) is 4.52 Å². The van der Waals surface area contributed by atoms with Crippen molar-refractivity contribution in [2.45, 2.75) is 20.0 Å². The van der Waals surface area contributed by atoms with Gasteiger partial charge in [-0.2, -0.15) is 0 Å². The van der Waals surface area contributed by atoms with E-state index >= 15 is 0 Å². The standard InChI is InChI=1S/C5H13O4PS/c1-5(2)9-10(6)4-11(3,7)8/h5,10H,4H2,1-3H3. The van der Waals surface area contributed by atoms with Gasteiger partial charge in [-0.05, 0) is 13.8 Å². The van der Waals surface area contributed by atoms with Crippen LogP contribution in [-0.4, -0.2) is 26.3 Å². The second kappa shape index (κ2) is 4.24. The van der Waals surface area contributed by atoms with E-state index in [1.807, 2.05) is 0 Å². The Balaban J connectivity index is 3.91. The normalized spacial score (nSPS) is 15.3. The molecule has 0 rings (SSSR count). The molecule has 0 aromatic carbocycles. The Morgan fingerprint density at radius 3 is 2.18 bits per heavy atom. The van der Waals surface area contributed by atoms with Gasteiger partial charge in [0.05, 0.1) is 6.10 Å². The Hall–Kier alpha value is 0.140. The van der Waals surface area contributed by atoms with Crippen LogP contribution >= 0.6 is 8.03 Å². The summed E-state index contributed by atoms with van der Waals surface area (Å²) in [5.41, 5.74) is -0.351. The fourth-order valence-electron chi connectivity index (χ4n) is 0.511. The van der Waals surface area contributed by atoms with Crippen LogP contribution in [0.5, 0.6) is 0 Å². The van der Waals surface area contributed by atoms with Crippen molar-refractivity contribution >= 4 is 17.9 Å². The van der Waals surface area contributed by atoms with Crippen molar-refractivity contribution in [1.82, 2.24) is 0 Å². The van der Waals surface area contributed by atoms with Crippen molar-refractivity contribution in [3.8, 4) is 0 Å². The van der Waals surface area contributed by atoms with Crippen LogP contribution in [0.25, 0.3) is 0 Å². The van der Waals surface area contributed by atoms with Crippen LogP contribution in [-0.2, 0) is 18.9 Å². The summed E-state index contributed by atoms with van der Waals surface area (Å²) in [5.74, 6) is 0. The van der Waals surface area contributed by atoms with Gasteiger partial charge >= 0.3 is 0 Å².